The average molecular weight is 288 g/mol. The number of carboxylic acids is 1. The summed E-state index contributed by atoms with van der Waals surface area (Å²) in [5, 5.41) is 12.8. The Morgan fingerprint density at radius 3 is 2.76 bits per heavy atom. The third-order valence-electron chi connectivity index (χ3n) is 4.71. The number of carboxylic acid groups (broad SMARTS) is 1. The van der Waals surface area contributed by atoms with Gasteiger partial charge in [-0.05, 0) is 43.7 Å². The molecule has 4 heteroatoms. The molecule has 2 N–H and O–H groups in total. The van der Waals surface area contributed by atoms with Crippen molar-refractivity contribution in [1.29, 1.82) is 0 Å². The molecule has 0 radical (unpaired) electrons. The molecule has 1 aromatic rings. The molecular formula is C17H24N2O2. The minimum Gasteiger partial charge on any atom is -0.480 e. The van der Waals surface area contributed by atoms with Gasteiger partial charge < -0.3 is 5.11 Å². The zero-order valence-electron chi connectivity index (χ0n) is 12.6. The predicted octanol–water partition coefficient (Wildman–Crippen LogP) is 2.03. The van der Waals surface area contributed by atoms with E-state index in [4.69, 9.17) is 0 Å². The molecule has 1 heterocycles. The lowest BCUT2D eigenvalue weighted by atomic mass is 9.95. The first-order valence-electron chi connectivity index (χ1n) is 7.87. The normalized spacial score (nSPS) is 21.6. The van der Waals surface area contributed by atoms with Gasteiger partial charge in [-0.3, -0.25) is 15.0 Å². The Balaban J connectivity index is 1.58. The van der Waals surface area contributed by atoms with Gasteiger partial charge in [0.05, 0.1) is 0 Å². The zero-order valence-corrected chi connectivity index (χ0v) is 12.6. The molecule has 0 amide bonds. The van der Waals surface area contributed by atoms with Crippen molar-refractivity contribution >= 4 is 5.97 Å². The summed E-state index contributed by atoms with van der Waals surface area (Å²) < 4.78 is 0. The topological polar surface area (TPSA) is 52.6 Å². The quantitative estimate of drug-likeness (QED) is 0.841. The highest BCUT2D eigenvalue weighted by atomic mass is 16.4. The smallest absolute Gasteiger partial charge is 0.323 e. The third-order valence-corrected chi connectivity index (χ3v) is 4.71. The van der Waals surface area contributed by atoms with Crippen LogP contribution in [-0.2, 0) is 17.8 Å². The molecule has 114 valence electrons. The summed E-state index contributed by atoms with van der Waals surface area (Å²) >= 11 is 0. The summed E-state index contributed by atoms with van der Waals surface area (Å²) in [6.07, 6.45) is 3.94. The van der Waals surface area contributed by atoms with Gasteiger partial charge in [-0.25, -0.2) is 0 Å². The largest absolute Gasteiger partial charge is 0.480 e. The molecule has 1 aromatic carbocycles. The Hall–Kier alpha value is -1.39. The first-order chi connectivity index (χ1) is 10.1. The van der Waals surface area contributed by atoms with E-state index in [0.29, 0.717) is 12.5 Å². The lowest BCUT2D eigenvalue weighted by Gasteiger charge is -2.33. The molecule has 1 aliphatic carbocycles. The zero-order chi connectivity index (χ0) is 14.9. The number of carbonyl (C=O) groups is 1. The van der Waals surface area contributed by atoms with Gasteiger partial charge in [-0.1, -0.05) is 24.3 Å². The van der Waals surface area contributed by atoms with E-state index in [0.717, 1.165) is 38.9 Å². The van der Waals surface area contributed by atoms with E-state index >= 15 is 0 Å². The van der Waals surface area contributed by atoms with Gasteiger partial charge in [0.2, 0.25) is 0 Å². The van der Waals surface area contributed by atoms with Gasteiger partial charge in [0.1, 0.15) is 5.54 Å². The molecule has 0 aromatic heterocycles. The molecule has 1 aliphatic heterocycles. The van der Waals surface area contributed by atoms with Crippen molar-refractivity contribution in [1.82, 2.24) is 10.2 Å². The van der Waals surface area contributed by atoms with E-state index in [1.807, 2.05) is 6.92 Å². The molecule has 1 fully saturated rings. The first kappa shape index (κ1) is 14.5. The minimum absolute atomic E-state index is 0.410. The van der Waals surface area contributed by atoms with Gasteiger partial charge >= 0.3 is 5.97 Å². The molecule has 0 spiro atoms. The second-order valence-corrected chi connectivity index (χ2v) is 6.60. The van der Waals surface area contributed by atoms with Crippen LogP contribution in [0.3, 0.4) is 0 Å². The monoisotopic (exact) mass is 288 g/mol. The molecule has 0 saturated heterocycles. The molecule has 0 bridgehead atoms. The van der Waals surface area contributed by atoms with Crippen molar-refractivity contribution in [2.75, 3.05) is 13.1 Å². The third kappa shape index (κ3) is 3.44. The highest BCUT2D eigenvalue weighted by Gasteiger charge is 2.38. The maximum atomic E-state index is 11.6. The highest BCUT2D eigenvalue weighted by molar-refractivity contribution is 5.78. The van der Waals surface area contributed by atoms with E-state index in [1.165, 1.54) is 11.1 Å². The first-order valence-corrected chi connectivity index (χ1v) is 7.87. The van der Waals surface area contributed by atoms with Crippen LogP contribution >= 0.6 is 0 Å². The molecule has 1 saturated carbocycles. The summed E-state index contributed by atoms with van der Waals surface area (Å²) in [5.74, 6) is -0.730. The van der Waals surface area contributed by atoms with Crippen LogP contribution in [0.15, 0.2) is 24.3 Å². The van der Waals surface area contributed by atoms with Crippen molar-refractivity contribution in [2.45, 2.75) is 50.7 Å². The van der Waals surface area contributed by atoms with Crippen LogP contribution in [0.2, 0.25) is 0 Å². The maximum Gasteiger partial charge on any atom is 0.323 e. The van der Waals surface area contributed by atoms with Crippen molar-refractivity contribution < 1.29 is 9.90 Å². The lowest BCUT2D eigenvalue weighted by Crippen LogP contribution is -2.52. The summed E-state index contributed by atoms with van der Waals surface area (Å²) in [5.41, 5.74) is 2.03. The van der Waals surface area contributed by atoms with Crippen molar-refractivity contribution in [3.8, 4) is 0 Å². The molecule has 21 heavy (non-hydrogen) atoms. The number of fused-ring (bicyclic) bond motifs is 1. The van der Waals surface area contributed by atoms with Gasteiger partial charge in [-0.15, -0.1) is 0 Å². The number of hydrogen-bond acceptors (Lipinski definition) is 3. The van der Waals surface area contributed by atoms with E-state index in [-0.39, 0.29) is 0 Å². The standard InChI is InChI=1S/C17H24N2O2/c1-17(16(20)21,18-15-6-7-15)9-11-19-10-8-13-4-2-3-5-14(13)12-19/h2-5,15,18H,6-12H2,1H3,(H,20,21). The van der Waals surface area contributed by atoms with Crippen LogP contribution in [-0.4, -0.2) is 40.6 Å². The van der Waals surface area contributed by atoms with E-state index in [1.54, 1.807) is 0 Å². The number of aliphatic carboxylic acids is 1. The van der Waals surface area contributed by atoms with E-state index < -0.39 is 11.5 Å². The lowest BCUT2D eigenvalue weighted by molar-refractivity contribution is -0.144. The number of nitrogens with zero attached hydrogens (tertiary/aromatic N) is 1. The Labute approximate surface area is 126 Å². The Bertz CT molecular complexity index is 527. The fourth-order valence-corrected chi connectivity index (χ4v) is 3.05. The second-order valence-electron chi connectivity index (χ2n) is 6.60. The van der Waals surface area contributed by atoms with Gasteiger partial charge in [0, 0.05) is 25.7 Å². The average Bonchev–Trinajstić information content (AvgIpc) is 3.28. The second kappa shape index (κ2) is 5.78. The van der Waals surface area contributed by atoms with Crippen molar-refractivity contribution in [3.63, 3.8) is 0 Å². The van der Waals surface area contributed by atoms with Crippen molar-refractivity contribution in [3.05, 3.63) is 35.4 Å². The number of nitrogens with one attached hydrogen (secondary N) is 1. The van der Waals surface area contributed by atoms with Crippen LogP contribution < -0.4 is 5.32 Å². The summed E-state index contributed by atoms with van der Waals surface area (Å²) in [7, 11) is 0. The van der Waals surface area contributed by atoms with Gasteiger partial charge in [0.25, 0.3) is 0 Å². The van der Waals surface area contributed by atoms with Crippen molar-refractivity contribution in [2.24, 2.45) is 0 Å². The van der Waals surface area contributed by atoms with Gasteiger partial charge in [-0.2, -0.15) is 0 Å². The fourth-order valence-electron chi connectivity index (χ4n) is 3.05. The van der Waals surface area contributed by atoms with Crippen LogP contribution in [0.5, 0.6) is 0 Å². The van der Waals surface area contributed by atoms with Crippen LogP contribution in [0.25, 0.3) is 0 Å². The Morgan fingerprint density at radius 2 is 2.10 bits per heavy atom. The minimum atomic E-state index is -0.794. The molecule has 2 aliphatic rings. The molecule has 1 unspecified atom stereocenters. The summed E-state index contributed by atoms with van der Waals surface area (Å²) in [6, 6.07) is 8.96. The SMILES string of the molecule is CC(CCN1CCc2ccccc2C1)(NC1CC1)C(=O)O. The van der Waals surface area contributed by atoms with E-state index in [2.05, 4.69) is 34.5 Å². The predicted molar refractivity (Wildman–Crippen MR) is 82.2 cm³/mol. The fraction of sp³-hybridized carbons (Fsp3) is 0.588. The molecule has 3 rings (SSSR count). The summed E-state index contributed by atoms with van der Waals surface area (Å²) in [4.78, 5) is 13.9. The highest BCUT2D eigenvalue weighted by Crippen LogP contribution is 2.25. The molecular weight excluding hydrogens is 264 g/mol. The number of rotatable bonds is 6. The maximum absolute atomic E-state index is 11.6. The molecule has 4 nitrogen and oxygen atoms in total. The number of benzene rings is 1. The van der Waals surface area contributed by atoms with Gasteiger partial charge in [0.15, 0.2) is 0 Å². The van der Waals surface area contributed by atoms with Crippen LogP contribution in [0, 0.1) is 0 Å². The Kier molecular flexibility index (Phi) is 4.00. The van der Waals surface area contributed by atoms with Crippen LogP contribution in [0.4, 0.5) is 0 Å². The van der Waals surface area contributed by atoms with Crippen LogP contribution in [0.1, 0.15) is 37.3 Å². The summed E-state index contributed by atoms with van der Waals surface area (Å²) in [6.45, 7) is 4.62. The van der Waals surface area contributed by atoms with E-state index in [9.17, 15) is 9.90 Å². The molecule has 1 atom stereocenters. The number of hydrogen-bond donors (Lipinski definition) is 2. The Morgan fingerprint density at radius 1 is 1.38 bits per heavy atom.